The highest BCUT2D eigenvalue weighted by molar-refractivity contribution is 5.93. The Morgan fingerprint density at radius 1 is 0.611 bits per heavy atom. The van der Waals surface area contributed by atoms with Crippen LogP contribution in [0.5, 0.6) is 11.5 Å². The molecule has 0 fully saturated rings. The minimum atomic E-state index is -0.486. The molecule has 0 aliphatic carbocycles. The summed E-state index contributed by atoms with van der Waals surface area (Å²) in [6, 6.07) is 29.6. The van der Waals surface area contributed by atoms with Gasteiger partial charge in [-0.15, -0.1) is 0 Å². The number of hydrogen-bond acceptors (Lipinski definition) is 5. The molecule has 0 radical (unpaired) electrons. The zero-order valence-electron chi connectivity index (χ0n) is 20.2. The third kappa shape index (κ3) is 5.82. The van der Waals surface area contributed by atoms with E-state index < -0.39 is 11.8 Å². The molecule has 6 N–H and O–H groups in total. The number of aromatic hydroxyl groups is 2. The second-order valence-corrected chi connectivity index (χ2v) is 9.06. The normalized spacial score (nSPS) is 12.7. The summed E-state index contributed by atoms with van der Waals surface area (Å²) in [6.07, 6.45) is 0.844. The zero-order valence-corrected chi connectivity index (χ0v) is 20.2. The van der Waals surface area contributed by atoms with E-state index in [0.29, 0.717) is 25.9 Å². The van der Waals surface area contributed by atoms with Crippen LogP contribution < -0.4 is 11.5 Å². The first-order chi connectivity index (χ1) is 17.5. The van der Waals surface area contributed by atoms with Crippen molar-refractivity contribution in [3.63, 3.8) is 0 Å². The molecule has 4 aromatic rings. The molecule has 0 spiro atoms. The SMILES string of the molecule is NCc1ccccc1C(Cc1cccc(O)c1)C(=O)C(Cc1cccc(O)c1)c1ccccc1CN. The summed E-state index contributed by atoms with van der Waals surface area (Å²) >= 11 is 0. The molecule has 0 saturated carbocycles. The van der Waals surface area contributed by atoms with Crippen molar-refractivity contribution in [1.82, 2.24) is 0 Å². The van der Waals surface area contributed by atoms with E-state index in [2.05, 4.69) is 0 Å². The van der Waals surface area contributed by atoms with Crippen LogP contribution in [0.2, 0.25) is 0 Å². The van der Waals surface area contributed by atoms with Crippen LogP contribution in [0.15, 0.2) is 97.1 Å². The molecule has 0 aromatic heterocycles. The largest absolute Gasteiger partial charge is 0.508 e. The Morgan fingerprint density at radius 3 is 1.42 bits per heavy atom. The van der Waals surface area contributed by atoms with E-state index in [-0.39, 0.29) is 17.3 Å². The predicted molar refractivity (Wildman–Crippen MR) is 143 cm³/mol. The molecule has 2 atom stereocenters. The number of phenols is 2. The molecule has 184 valence electrons. The Kier molecular flexibility index (Phi) is 8.16. The van der Waals surface area contributed by atoms with E-state index in [1.54, 1.807) is 36.4 Å². The van der Waals surface area contributed by atoms with Crippen LogP contribution in [0.3, 0.4) is 0 Å². The van der Waals surface area contributed by atoms with Gasteiger partial charge in [-0.2, -0.15) is 0 Å². The molecule has 0 amide bonds. The molecule has 5 nitrogen and oxygen atoms in total. The zero-order chi connectivity index (χ0) is 25.5. The Balaban J connectivity index is 1.83. The number of nitrogens with two attached hydrogens (primary N) is 2. The van der Waals surface area contributed by atoms with E-state index in [9.17, 15) is 15.0 Å². The average molecular weight is 481 g/mol. The summed E-state index contributed by atoms with van der Waals surface area (Å²) in [5, 5.41) is 20.1. The van der Waals surface area contributed by atoms with Gasteiger partial charge in [0.25, 0.3) is 0 Å². The fraction of sp³-hybridized carbons (Fsp3) is 0.194. The number of hydrogen-bond donors (Lipinski definition) is 4. The van der Waals surface area contributed by atoms with Gasteiger partial charge in [0.15, 0.2) is 0 Å². The summed E-state index contributed by atoms with van der Waals surface area (Å²) < 4.78 is 0. The number of rotatable bonds is 10. The first-order valence-electron chi connectivity index (χ1n) is 12.2. The summed E-state index contributed by atoms with van der Waals surface area (Å²) in [7, 11) is 0. The Labute approximate surface area is 212 Å². The van der Waals surface area contributed by atoms with Crippen LogP contribution in [0.1, 0.15) is 45.2 Å². The number of Topliss-reactive ketones (excluding diaryl/α,β-unsaturated/α-hetero) is 1. The van der Waals surface area contributed by atoms with E-state index in [1.165, 1.54) is 0 Å². The lowest BCUT2D eigenvalue weighted by atomic mass is 9.76. The fourth-order valence-corrected chi connectivity index (χ4v) is 4.93. The van der Waals surface area contributed by atoms with Gasteiger partial charge in [-0.25, -0.2) is 0 Å². The van der Waals surface area contributed by atoms with E-state index in [0.717, 1.165) is 33.4 Å². The maximum Gasteiger partial charge on any atom is 0.148 e. The molecule has 2 unspecified atom stereocenters. The van der Waals surface area contributed by atoms with Gasteiger partial charge in [0.05, 0.1) is 0 Å². The highest BCUT2D eigenvalue weighted by Crippen LogP contribution is 2.35. The second kappa shape index (κ2) is 11.7. The quantitative estimate of drug-likeness (QED) is 0.257. The van der Waals surface area contributed by atoms with Crippen LogP contribution >= 0.6 is 0 Å². The van der Waals surface area contributed by atoms with Gasteiger partial charge in [-0.1, -0.05) is 72.8 Å². The maximum absolute atomic E-state index is 14.6. The van der Waals surface area contributed by atoms with Gasteiger partial charge < -0.3 is 21.7 Å². The van der Waals surface area contributed by atoms with Gasteiger partial charge in [0.2, 0.25) is 0 Å². The highest BCUT2D eigenvalue weighted by atomic mass is 16.3. The lowest BCUT2D eigenvalue weighted by Gasteiger charge is -2.26. The Bertz CT molecular complexity index is 1230. The monoisotopic (exact) mass is 480 g/mol. The molecule has 4 rings (SSSR count). The van der Waals surface area contributed by atoms with Crippen LogP contribution in [0.25, 0.3) is 0 Å². The van der Waals surface area contributed by atoms with Crippen molar-refractivity contribution < 1.29 is 15.0 Å². The molecule has 0 bridgehead atoms. The predicted octanol–water partition coefficient (Wildman–Crippen LogP) is 4.94. The summed E-state index contributed by atoms with van der Waals surface area (Å²) in [4.78, 5) is 14.6. The minimum Gasteiger partial charge on any atom is -0.508 e. The number of phenolic OH excluding ortho intramolecular Hbond substituents is 2. The summed E-state index contributed by atoms with van der Waals surface area (Å²) in [6.45, 7) is 0.632. The molecule has 0 saturated heterocycles. The molecular weight excluding hydrogens is 448 g/mol. The smallest absolute Gasteiger partial charge is 0.148 e. The standard InChI is InChI=1S/C31H32N2O3/c32-19-23-9-1-3-13-27(23)29(17-21-7-5-11-25(34)15-21)31(36)30(18-22-8-6-12-26(35)16-22)28-14-4-2-10-24(28)20-33/h1-16,29-30,34-35H,17-20,32-33H2. The molecule has 0 aliphatic rings. The topological polar surface area (TPSA) is 110 Å². The van der Waals surface area contributed by atoms with Crippen LogP contribution in [-0.4, -0.2) is 16.0 Å². The third-order valence-corrected chi connectivity index (χ3v) is 6.69. The fourth-order valence-electron chi connectivity index (χ4n) is 4.93. The number of benzene rings is 4. The van der Waals surface area contributed by atoms with Crippen molar-refractivity contribution in [3.05, 3.63) is 130 Å². The Morgan fingerprint density at radius 2 is 1.03 bits per heavy atom. The first kappa shape index (κ1) is 25.2. The van der Waals surface area contributed by atoms with Crippen LogP contribution in [0, 0.1) is 0 Å². The summed E-state index contributed by atoms with van der Waals surface area (Å²) in [5.41, 5.74) is 17.5. The lowest BCUT2D eigenvalue weighted by Crippen LogP contribution is -2.26. The van der Waals surface area contributed by atoms with Crippen molar-refractivity contribution in [2.45, 2.75) is 37.8 Å². The molecule has 0 heterocycles. The Hall–Kier alpha value is -3.93. The van der Waals surface area contributed by atoms with Crippen molar-refractivity contribution in [2.75, 3.05) is 0 Å². The second-order valence-electron chi connectivity index (χ2n) is 9.06. The van der Waals surface area contributed by atoms with E-state index in [4.69, 9.17) is 11.5 Å². The molecular formula is C31H32N2O3. The van der Waals surface area contributed by atoms with E-state index in [1.807, 2.05) is 60.7 Å². The van der Waals surface area contributed by atoms with Crippen molar-refractivity contribution >= 4 is 5.78 Å². The van der Waals surface area contributed by atoms with Gasteiger partial charge in [0.1, 0.15) is 17.3 Å². The highest BCUT2D eigenvalue weighted by Gasteiger charge is 2.32. The molecule has 5 heteroatoms. The molecule has 0 aliphatic heterocycles. The van der Waals surface area contributed by atoms with Gasteiger partial charge in [0, 0.05) is 24.9 Å². The first-order valence-corrected chi connectivity index (χ1v) is 12.2. The molecule has 36 heavy (non-hydrogen) atoms. The third-order valence-electron chi connectivity index (χ3n) is 6.69. The van der Waals surface area contributed by atoms with Gasteiger partial charge in [-0.05, 0) is 70.5 Å². The van der Waals surface area contributed by atoms with Crippen LogP contribution in [-0.2, 0) is 30.7 Å². The maximum atomic E-state index is 14.6. The average Bonchev–Trinajstić information content (AvgIpc) is 2.90. The van der Waals surface area contributed by atoms with Crippen molar-refractivity contribution in [3.8, 4) is 11.5 Å². The van der Waals surface area contributed by atoms with Gasteiger partial charge >= 0.3 is 0 Å². The van der Waals surface area contributed by atoms with Gasteiger partial charge in [-0.3, -0.25) is 4.79 Å². The van der Waals surface area contributed by atoms with E-state index >= 15 is 0 Å². The number of carbonyl (C=O) groups is 1. The molecule has 4 aromatic carbocycles. The minimum absolute atomic E-state index is 0.0449. The van der Waals surface area contributed by atoms with Crippen molar-refractivity contribution in [2.24, 2.45) is 11.5 Å². The lowest BCUT2D eigenvalue weighted by molar-refractivity contribution is -0.122. The number of carbonyl (C=O) groups excluding carboxylic acids is 1. The number of ketones is 1. The van der Waals surface area contributed by atoms with Crippen LogP contribution in [0.4, 0.5) is 0 Å². The summed E-state index contributed by atoms with van der Waals surface area (Å²) in [5.74, 6) is -0.603. The van der Waals surface area contributed by atoms with Crippen molar-refractivity contribution in [1.29, 1.82) is 0 Å².